The molecule has 9 heteroatoms. The maximum atomic E-state index is 12.5. The van der Waals surface area contributed by atoms with Gasteiger partial charge in [0.05, 0.1) is 7.11 Å². The van der Waals surface area contributed by atoms with Crippen LogP contribution in [0.5, 0.6) is 11.5 Å². The first-order valence-corrected chi connectivity index (χ1v) is 9.69. The lowest BCUT2D eigenvalue weighted by atomic mass is 10.2. The van der Waals surface area contributed by atoms with Crippen LogP contribution in [0.15, 0.2) is 47.1 Å². The third-order valence-corrected chi connectivity index (χ3v) is 4.89. The number of ether oxygens (including phenoxy) is 2. The lowest BCUT2D eigenvalue weighted by Gasteiger charge is -2.35. The Hall–Kier alpha value is -3.62. The van der Waals surface area contributed by atoms with Gasteiger partial charge >= 0.3 is 0 Å². The number of anilines is 1. The SMILES string of the molecule is COc1cccc(OCC(=O)N2CCN(c3ccc(-c4noc(C)n4)cn3)CC2)c1. The summed E-state index contributed by atoms with van der Waals surface area (Å²) in [6.45, 7) is 4.41. The molecule has 1 aliphatic rings. The first-order chi connectivity index (χ1) is 14.6. The van der Waals surface area contributed by atoms with Gasteiger partial charge in [-0.1, -0.05) is 11.2 Å². The number of carbonyl (C=O) groups is 1. The zero-order valence-corrected chi connectivity index (χ0v) is 16.9. The Morgan fingerprint density at radius 2 is 1.93 bits per heavy atom. The molecular weight excluding hydrogens is 386 g/mol. The molecule has 156 valence electrons. The summed E-state index contributed by atoms with van der Waals surface area (Å²) in [6, 6.07) is 11.1. The molecular formula is C21H23N5O4. The highest BCUT2D eigenvalue weighted by Gasteiger charge is 2.22. The van der Waals surface area contributed by atoms with Crippen LogP contribution in [-0.2, 0) is 4.79 Å². The number of rotatable bonds is 6. The van der Waals surface area contributed by atoms with Crippen LogP contribution in [0.1, 0.15) is 5.89 Å². The quantitative estimate of drug-likeness (QED) is 0.612. The fraction of sp³-hybridized carbons (Fsp3) is 0.333. The van der Waals surface area contributed by atoms with Gasteiger partial charge in [-0.05, 0) is 24.3 Å². The minimum atomic E-state index is -0.0340. The Balaban J connectivity index is 1.28. The van der Waals surface area contributed by atoms with Gasteiger partial charge < -0.3 is 23.8 Å². The van der Waals surface area contributed by atoms with Crippen LogP contribution in [0.2, 0.25) is 0 Å². The monoisotopic (exact) mass is 409 g/mol. The summed E-state index contributed by atoms with van der Waals surface area (Å²) >= 11 is 0. The lowest BCUT2D eigenvalue weighted by Crippen LogP contribution is -2.50. The average Bonchev–Trinajstić information content (AvgIpc) is 3.24. The van der Waals surface area contributed by atoms with Gasteiger partial charge in [0.1, 0.15) is 17.3 Å². The van der Waals surface area contributed by atoms with Crippen molar-refractivity contribution in [3.8, 4) is 22.9 Å². The number of carbonyl (C=O) groups excluding carboxylic acids is 1. The number of hydrogen-bond donors (Lipinski definition) is 0. The van der Waals surface area contributed by atoms with Gasteiger partial charge in [0.15, 0.2) is 6.61 Å². The third-order valence-electron chi connectivity index (χ3n) is 4.89. The van der Waals surface area contributed by atoms with Gasteiger partial charge in [-0.15, -0.1) is 0 Å². The number of methoxy groups -OCH3 is 1. The van der Waals surface area contributed by atoms with Crippen LogP contribution >= 0.6 is 0 Å². The average molecular weight is 409 g/mol. The Bertz CT molecular complexity index is 997. The molecule has 0 aliphatic carbocycles. The van der Waals surface area contributed by atoms with E-state index >= 15 is 0 Å². The molecule has 0 spiro atoms. The summed E-state index contributed by atoms with van der Waals surface area (Å²) in [5, 5.41) is 3.90. The van der Waals surface area contributed by atoms with E-state index in [1.54, 1.807) is 32.4 Å². The van der Waals surface area contributed by atoms with Crippen LogP contribution in [0.4, 0.5) is 5.82 Å². The number of pyridine rings is 1. The molecule has 0 saturated carbocycles. The summed E-state index contributed by atoms with van der Waals surface area (Å²) in [6.07, 6.45) is 1.74. The number of aromatic nitrogens is 3. The normalized spacial score (nSPS) is 13.9. The van der Waals surface area contributed by atoms with Crippen molar-refractivity contribution in [3.05, 3.63) is 48.5 Å². The van der Waals surface area contributed by atoms with Gasteiger partial charge in [0, 0.05) is 50.9 Å². The van der Waals surface area contributed by atoms with Crippen molar-refractivity contribution in [3.63, 3.8) is 0 Å². The molecule has 30 heavy (non-hydrogen) atoms. The van der Waals surface area contributed by atoms with E-state index < -0.39 is 0 Å². The number of nitrogens with zero attached hydrogens (tertiary/aromatic N) is 5. The fourth-order valence-electron chi connectivity index (χ4n) is 3.23. The predicted octanol–water partition coefficient (Wildman–Crippen LogP) is 2.18. The second kappa shape index (κ2) is 8.81. The number of aryl methyl sites for hydroxylation is 1. The second-order valence-corrected chi connectivity index (χ2v) is 6.88. The predicted molar refractivity (Wildman–Crippen MR) is 110 cm³/mol. The molecule has 1 aliphatic heterocycles. The molecule has 2 aromatic heterocycles. The van der Waals surface area contributed by atoms with Gasteiger partial charge in [-0.25, -0.2) is 4.98 Å². The zero-order valence-electron chi connectivity index (χ0n) is 16.9. The minimum Gasteiger partial charge on any atom is -0.497 e. The van der Waals surface area contributed by atoms with Crippen molar-refractivity contribution in [2.75, 3.05) is 44.8 Å². The van der Waals surface area contributed by atoms with E-state index in [0.29, 0.717) is 49.4 Å². The Labute approximate surface area is 174 Å². The van der Waals surface area contributed by atoms with E-state index in [0.717, 1.165) is 11.4 Å². The van der Waals surface area contributed by atoms with Crippen molar-refractivity contribution in [2.45, 2.75) is 6.92 Å². The van der Waals surface area contributed by atoms with Crippen LogP contribution < -0.4 is 14.4 Å². The molecule has 1 saturated heterocycles. The van der Waals surface area contributed by atoms with Crippen LogP contribution in [0.25, 0.3) is 11.4 Å². The zero-order chi connectivity index (χ0) is 20.9. The molecule has 0 bridgehead atoms. The van der Waals surface area contributed by atoms with E-state index in [-0.39, 0.29) is 12.5 Å². The lowest BCUT2D eigenvalue weighted by molar-refractivity contribution is -0.133. The Kier molecular flexibility index (Phi) is 5.78. The first kappa shape index (κ1) is 19.7. The molecule has 0 N–H and O–H groups in total. The van der Waals surface area contributed by atoms with E-state index in [9.17, 15) is 4.79 Å². The van der Waals surface area contributed by atoms with E-state index in [1.165, 1.54) is 0 Å². The third kappa shape index (κ3) is 4.51. The second-order valence-electron chi connectivity index (χ2n) is 6.88. The van der Waals surface area contributed by atoms with E-state index in [2.05, 4.69) is 20.0 Å². The highest BCUT2D eigenvalue weighted by molar-refractivity contribution is 5.78. The Morgan fingerprint density at radius 1 is 1.13 bits per heavy atom. The van der Waals surface area contributed by atoms with Crippen LogP contribution in [0, 0.1) is 6.92 Å². The van der Waals surface area contributed by atoms with Gasteiger partial charge in [0.25, 0.3) is 5.91 Å². The topological polar surface area (TPSA) is 93.8 Å². The molecule has 3 aromatic rings. The van der Waals surface area contributed by atoms with Crippen molar-refractivity contribution >= 4 is 11.7 Å². The maximum absolute atomic E-state index is 12.5. The van der Waals surface area contributed by atoms with Crippen LogP contribution in [0.3, 0.4) is 0 Å². The Morgan fingerprint density at radius 3 is 2.60 bits per heavy atom. The van der Waals surface area contributed by atoms with Crippen molar-refractivity contribution < 1.29 is 18.8 Å². The number of benzene rings is 1. The molecule has 1 fully saturated rings. The maximum Gasteiger partial charge on any atom is 0.260 e. The first-order valence-electron chi connectivity index (χ1n) is 9.69. The smallest absolute Gasteiger partial charge is 0.260 e. The fourth-order valence-corrected chi connectivity index (χ4v) is 3.23. The standard InChI is InChI=1S/C21H23N5O4/c1-15-23-21(24-30-15)16-6-7-19(22-13-16)25-8-10-26(11-9-25)20(27)14-29-18-5-3-4-17(12-18)28-2/h3-7,12-13H,8-11,14H2,1-2H3. The highest BCUT2D eigenvalue weighted by atomic mass is 16.5. The van der Waals surface area contributed by atoms with E-state index in [1.807, 2.05) is 29.2 Å². The largest absolute Gasteiger partial charge is 0.497 e. The summed E-state index contributed by atoms with van der Waals surface area (Å²) in [7, 11) is 1.60. The molecule has 1 amide bonds. The number of hydrogen-bond acceptors (Lipinski definition) is 8. The summed E-state index contributed by atoms with van der Waals surface area (Å²) in [5.74, 6) is 3.18. The molecule has 1 aromatic carbocycles. The van der Waals surface area contributed by atoms with Gasteiger partial charge in [0.2, 0.25) is 11.7 Å². The van der Waals surface area contributed by atoms with Gasteiger partial charge in [-0.2, -0.15) is 4.98 Å². The molecule has 4 rings (SSSR count). The molecule has 9 nitrogen and oxygen atoms in total. The minimum absolute atomic E-state index is 0.00420. The van der Waals surface area contributed by atoms with E-state index in [4.69, 9.17) is 14.0 Å². The molecule has 3 heterocycles. The van der Waals surface area contributed by atoms with Gasteiger partial charge in [-0.3, -0.25) is 4.79 Å². The molecule has 0 radical (unpaired) electrons. The number of amides is 1. The summed E-state index contributed by atoms with van der Waals surface area (Å²) < 4.78 is 15.8. The van der Waals surface area contributed by atoms with Crippen molar-refractivity contribution in [1.82, 2.24) is 20.0 Å². The summed E-state index contributed by atoms with van der Waals surface area (Å²) in [5.41, 5.74) is 0.805. The molecule has 0 unspecified atom stereocenters. The number of piperazine rings is 1. The molecule has 0 atom stereocenters. The van der Waals surface area contributed by atoms with Crippen molar-refractivity contribution in [1.29, 1.82) is 0 Å². The van der Waals surface area contributed by atoms with Crippen molar-refractivity contribution in [2.24, 2.45) is 0 Å². The highest BCUT2D eigenvalue weighted by Crippen LogP contribution is 2.21. The van der Waals surface area contributed by atoms with Crippen LogP contribution in [-0.4, -0.2) is 65.8 Å². The summed E-state index contributed by atoms with van der Waals surface area (Å²) in [4.78, 5) is 25.2.